The summed E-state index contributed by atoms with van der Waals surface area (Å²) in [7, 11) is 0. The van der Waals surface area contributed by atoms with Crippen molar-refractivity contribution >= 4 is 50.3 Å². The van der Waals surface area contributed by atoms with E-state index in [9.17, 15) is 0 Å². The van der Waals surface area contributed by atoms with Gasteiger partial charge >= 0.3 is 0 Å². The normalized spacial score (nSPS) is 10.8. The molecular formula is C23H21N3S2. The third-order valence-electron chi connectivity index (χ3n) is 4.79. The van der Waals surface area contributed by atoms with Gasteiger partial charge in [0.1, 0.15) is 5.01 Å². The summed E-state index contributed by atoms with van der Waals surface area (Å²) in [4.78, 5) is 4.75. The highest BCUT2D eigenvalue weighted by Gasteiger charge is 2.07. The van der Waals surface area contributed by atoms with E-state index in [2.05, 4.69) is 67.8 Å². The van der Waals surface area contributed by atoms with E-state index in [1.165, 1.54) is 21.4 Å². The molecule has 3 aromatic carbocycles. The number of thiazole rings is 1. The lowest BCUT2D eigenvalue weighted by Gasteiger charge is -2.14. The SMILES string of the molecule is Cc1ccc2nc(-c3ccc(NC(=S)Nc4cccc(C)c4C)cc3)sc2c1. The first kappa shape index (κ1) is 18.6. The summed E-state index contributed by atoms with van der Waals surface area (Å²) < 4.78 is 1.22. The Kier molecular flexibility index (Phi) is 5.11. The number of hydrogen-bond acceptors (Lipinski definition) is 3. The number of hydrogen-bond donors (Lipinski definition) is 2. The topological polar surface area (TPSA) is 37.0 Å². The van der Waals surface area contributed by atoms with Gasteiger partial charge in [0.2, 0.25) is 0 Å². The molecule has 0 unspecified atom stereocenters. The molecule has 0 atom stereocenters. The van der Waals surface area contributed by atoms with Crippen LogP contribution in [0, 0.1) is 20.8 Å². The Morgan fingerprint density at radius 1 is 0.929 bits per heavy atom. The number of rotatable bonds is 3. The van der Waals surface area contributed by atoms with Crippen LogP contribution in [0.15, 0.2) is 60.7 Å². The average molecular weight is 404 g/mol. The monoisotopic (exact) mass is 403 g/mol. The molecule has 2 N–H and O–H groups in total. The van der Waals surface area contributed by atoms with Crippen LogP contribution < -0.4 is 10.6 Å². The van der Waals surface area contributed by atoms with Gasteiger partial charge in [-0.25, -0.2) is 4.98 Å². The van der Waals surface area contributed by atoms with Gasteiger partial charge in [0, 0.05) is 16.9 Å². The van der Waals surface area contributed by atoms with Crippen molar-refractivity contribution in [2.45, 2.75) is 20.8 Å². The first-order valence-corrected chi connectivity index (χ1v) is 10.3. The standard InChI is InChI=1S/C23H21N3S2/c1-14-7-12-20-21(13-14)28-22(25-20)17-8-10-18(11-9-17)24-23(27)26-19-6-4-5-15(2)16(19)3/h4-13H,1-3H3,(H2,24,26,27). The summed E-state index contributed by atoms with van der Waals surface area (Å²) in [5.41, 5.74) is 7.83. The minimum atomic E-state index is 0.580. The highest BCUT2D eigenvalue weighted by atomic mass is 32.1. The first-order chi connectivity index (χ1) is 13.5. The minimum Gasteiger partial charge on any atom is -0.332 e. The number of nitrogens with one attached hydrogen (secondary N) is 2. The molecule has 1 aromatic heterocycles. The lowest BCUT2D eigenvalue weighted by molar-refractivity contribution is 1.34. The molecule has 4 aromatic rings. The van der Waals surface area contributed by atoms with Gasteiger partial charge < -0.3 is 10.6 Å². The van der Waals surface area contributed by atoms with Crippen molar-refractivity contribution in [3.8, 4) is 10.6 Å². The molecule has 5 heteroatoms. The summed E-state index contributed by atoms with van der Waals surface area (Å²) in [6.07, 6.45) is 0. The molecule has 0 aliphatic rings. The minimum absolute atomic E-state index is 0.580. The van der Waals surface area contributed by atoms with E-state index in [-0.39, 0.29) is 0 Å². The zero-order chi connectivity index (χ0) is 19.7. The molecule has 0 spiro atoms. The second kappa shape index (κ2) is 7.70. The third-order valence-corrected chi connectivity index (χ3v) is 6.06. The molecule has 28 heavy (non-hydrogen) atoms. The van der Waals surface area contributed by atoms with Gasteiger partial charge in [-0.3, -0.25) is 0 Å². The molecule has 0 aliphatic carbocycles. The number of anilines is 2. The smallest absolute Gasteiger partial charge is 0.175 e. The molecule has 1 heterocycles. The third kappa shape index (κ3) is 3.91. The van der Waals surface area contributed by atoms with E-state index >= 15 is 0 Å². The van der Waals surface area contributed by atoms with Crippen LogP contribution in [0.4, 0.5) is 11.4 Å². The zero-order valence-electron chi connectivity index (χ0n) is 16.0. The van der Waals surface area contributed by atoms with Crippen molar-refractivity contribution in [3.63, 3.8) is 0 Å². The predicted molar refractivity (Wildman–Crippen MR) is 126 cm³/mol. The summed E-state index contributed by atoms with van der Waals surface area (Å²) in [5.74, 6) is 0. The highest BCUT2D eigenvalue weighted by molar-refractivity contribution is 7.80. The number of fused-ring (bicyclic) bond motifs is 1. The molecule has 0 radical (unpaired) electrons. The Morgan fingerprint density at radius 3 is 2.50 bits per heavy atom. The van der Waals surface area contributed by atoms with Gasteiger partial charge in [0.25, 0.3) is 0 Å². The van der Waals surface area contributed by atoms with Crippen LogP contribution in [-0.2, 0) is 0 Å². The van der Waals surface area contributed by atoms with Crippen LogP contribution in [0.5, 0.6) is 0 Å². The van der Waals surface area contributed by atoms with Crippen LogP contribution in [0.2, 0.25) is 0 Å². The van der Waals surface area contributed by atoms with Crippen molar-refractivity contribution in [1.29, 1.82) is 0 Å². The van der Waals surface area contributed by atoms with Crippen molar-refractivity contribution in [1.82, 2.24) is 4.98 Å². The fourth-order valence-electron chi connectivity index (χ4n) is 3.02. The van der Waals surface area contributed by atoms with E-state index in [4.69, 9.17) is 17.2 Å². The maximum atomic E-state index is 5.47. The van der Waals surface area contributed by atoms with Crippen LogP contribution >= 0.6 is 23.6 Å². The molecule has 0 saturated heterocycles. The maximum Gasteiger partial charge on any atom is 0.175 e. The quantitative estimate of drug-likeness (QED) is 0.373. The Hall–Kier alpha value is -2.76. The van der Waals surface area contributed by atoms with Crippen molar-refractivity contribution in [2.24, 2.45) is 0 Å². The number of aromatic nitrogens is 1. The van der Waals surface area contributed by atoms with Gasteiger partial charge in [-0.15, -0.1) is 11.3 Å². The Bertz CT molecular complexity index is 1160. The number of nitrogens with zero attached hydrogens (tertiary/aromatic N) is 1. The first-order valence-electron chi connectivity index (χ1n) is 9.11. The Morgan fingerprint density at radius 2 is 1.71 bits per heavy atom. The van der Waals surface area contributed by atoms with Crippen LogP contribution in [-0.4, -0.2) is 10.1 Å². The molecule has 0 bridgehead atoms. The lowest BCUT2D eigenvalue weighted by atomic mass is 10.1. The van der Waals surface area contributed by atoms with Gasteiger partial charge in [-0.05, 0) is 92.1 Å². The van der Waals surface area contributed by atoms with Crippen molar-refractivity contribution < 1.29 is 0 Å². The van der Waals surface area contributed by atoms with E-state index < -0.39 is 0 Å². The molecule has 0 amide bonds. The molecule has 0 saturated carbocycles. The maximum absolute atomic E-state index is 5.47. The molecule has 0 aliphatic heterocycles. The molecule has 3 nitrogen and oxygen atoms in total. The second-order valence-electron chi connectivity index (χ2n) is 6.89. The molecule has 140 valence electrons. The van der Waals surface area contributed by atoms with Crippen LogP contribution in [0.1, 0.15) is 16.7 Å². The number of thiocarbonyl (C=S) groups is 1. The van der Waals surface area contributed by atoms with Crippen molar-refractivity contribution in [3.05, 3.63) is 77.4 Å². The number of benzene rings is 3. The summed E-state index contributed by atoms with van der Waals surface area (Å²) >= 11 is 7.19. The van der Waals surface area contributed by atoms with Crippen LogP contribution in [0.25, 0.3) is 20.8 Å². The molecule has 0 fully saturated rings. The van der Waals surface area contributed by atoms with E-state index in [1.807, 2.05) is 24.3 Å². The average Bonchev–Trinajstić information content (AvgIpc) is 3.09. The lowest BCUT2D eigenvalue weighted by Crippen LogP contribution is -2.19. The van der Waals surface area contributed by atoms with Gasteiger partial charge in [-0.2, -0.15) is 0 Å². The van der Waals surface area contributed by atoms with Crippen molar-refractivity contribution in [2.75, 3.05) is 10.6 Å². The highest BCUT2D eigenvalue weighted by Crippen LogP contribution is 2.31. The van der Waals surface area contributed by atoms with Gasteiger partial charge in [0.15, 0.2) is 5.11 Å². The fourth-order valence-corrected chi connectivity index (χ4v) is 4.32. The van der Waals surface area contributed by atoms with Crippen LogP contribution in [0.3, 0.4) is 0 Å². The Balaban J connectivity index is 1.48. The van der Waals surface area contributed by atoms with E-state index in [0.717, 1.165) is 27.5 Å². The second-order valence-corrected chi connectivity index (χ2v) is 8.33. The Labute approximate surface area is 174 Å². The predicted octanol–water partition coefficient (Wildman–Crippen LogP) is 6.70. The fraction of sp³-hybridized carbons (Fsp3) is 0.130. The van der Waals surface area contributed by atoms with E-state index in [0.29, 0.717) is 5.11 Å². The molecular weight excluding hydrogens is 382 g/mol. The largest absolute Gasteiger partial charge is 0.332 e. The summed E-state index contributed by atoms with van der Waals surface area (Å²) in [6.45, 7) is 6.29. The number of aryl methyl sites for hydroxylation is 2. The van der Waals surface area contributed by atoms with E-state index in [1.54, 1.807) is 11.3 Å². The van der Waals surface area contributed by atoms with Gasteiger partial charge in [0.05, 0.1) is 10.2 Å². The zero-order valence-corrected chi connectivity index (χ0v) is 17.7. The molecule has 4 rings (SSSR count). The summed E-state index contributed by atoms with van der Waals surface area (Å²) in [5, 5.41) is 8.14. The summed E-state index contributed by atoms with van der Waals surface area (Å²) in [6, 6.07) is 20.7. The van der Waals surface area contributed by atoms with Gasteiger partial charge in [-0.1, -0.05) is 18.2 Å².